The van der Waals surface area contributed by atoms with E-state index in [-0.39, 0.29) is 24.2 Å². The molecule has 1 heterocycles. The van der Waals surface area contributed by atoms with Crippen LogP contribution in [0.15, 0.2) is 24.3 Å². The van der Waals surface area contributed by atoms with Crippen LogP contribution in [0.5, 0.6) is 0 Å². The van der Waals surface area contributed by atoms with Crippen LogP contribution in [0.4, 0.5) is 0 Å². The molecule has 152 valence electrons. The van der Waals surface area contributed by atoms with Crippen LogP contribution in [0.2, 0.25) is 0 Å². The van der Waals surface area contributed by atoms with Gasteiger partial charge >= 0.3 is 0 Å². The fraction of sp³-hybridized carbons (Fsp3) is 0.619. The number of halogens is 1. The number of unbranched alkanes of at least 4 members (excludes halogenated alkanes) is 1. The lowest BCUT2D eigenvalue weighted by atomic mass is 9.84. The summed E-state index contributed by atoms with van der Waals surface area (Å²) in [6.07, 6.45) is 4.97. The molecule has 27 heavy (non-hydrogen) atoms. The van der Waals surface area contributed by atoms with Crippen LogP contribution in [0.3, 0.4) is 0 Å². The molecule has 1 aliphatic rings. The Morgan fingerprint density at radius 2 is 1.81 bits per heavy atom. The second-order valence-corrected chi connectivity index (χ2v) is 7.35. The van der Waals surface area contributed by atoms with E-state index < -0.39 is 0 Å². The van der Waals surface area contributed by atoms with Crippen molar-refractivity contribution in [3.63, 3.8) is 0 Å². The highest BCUT2D eigenvalue weighted by Gasteiger charge is 2.21. The van der Waals surface area contributed by atoms with E-state index >= 15 is 0 Å². The zero-order chi connectivity index (χ0) is 18.8. The average Bonchev–Trinajstić information content (AvgIpc) is 2.67. The minimum atomic E-state index is -0.0372. The molecule has 0 bridgehead atoms. The van der Waals surface area contributed by atoms with Crippen molar-refractivity contribution >= 4 is 24.2 Å². The highest BCUT2D eigenvalue weighted by atomic mass is 35.5. The topological polar surface area (TPSA) is 70.2 Å². The van der Waals surface area contributed by atoms with Crippen molar-refractivity contribution in [1.82, 2.24) is 16.0 Å². The van der Waals surface area contributed by atoms with Crippen molar-refractivity contribution in [2.45, 2.75) is 52.5 Å². The number of hydrogen-bond donors (Lipinski definition) is 3. The Morgan fingerprint density at radius 1 is 1.15 bits per heavy atom. The van der Waals surface area contributed by atoms with Gasteiger partial charge in [0.1, 0.15) is 0 Å². The molecule has 0 radical (unpaired) electrons. The summed E-state index contributed by atoms with van der Waals surface area (Å²) in [5, 5.41) is 9.28. The van der Waals surface area contributed by atoms with Crippen molar-refractivity contribution in [1.29, 1.82) is 0 Å². The summed E-state index contributed by atoms with van der Waals surface area (Å²) < 4.78 is 0. The molecule has 0 saturated carbocycles. The largest absolute Gasteiger partial charge is 0.352 e. The maximum absolute atomic E-state index is 12.2. The molecular weight excluding hydrogens is 362 g/mol. The molecule has 1 atom stereocenters. The van der Waals surface area contributed by atoms with Crippen molar-refractivity contribution in [2.75, 3.05) is 19.6 Å². The van der Waals surface area contributed by atoms with Gasteiger partial charge in [0.2, 0.25) is 5.91 Å². The number of nitrogens with one attached hydrogen (secondary N) is 3. The first kappa shape index (κ1) is 23.4. The van der Waals surface area contributed by atoms with Gasteiger partial charge in [0.05, 0.1) is 0 Å². The zero-order valence-electron chi connectivity index (χ0n) is 16.6. The first-order chi connectivity index (χ1) is 12.6. The molecule has 0 spiro atoms. The van der Waals surface area contributed by atoms with Crippen molar-refractivity contribution in [3.05, 3.63) is 35.4 Å². The van der Waals surface area contributed by atoms with Crippen molar-refractivity contribution in [3.8, 4) is 0 Å². The minimum absolute atomic E-state index is 0. The lowest BCUT2D eigenvalue weighted by Crippen LogP contribution is -2.33. The summed E-state index contributed by atoms with van der Waals surface area (Å²) in [6, 6.07) is 7.46. The molecule has 1 saturated heterocycles. The third kappa shape index (κ3) is 8.31. The Morgan fingerprint density at radius 3 is 2.44 bits per heavy atom. The fourth-order valence-electron chi connectivity index (χ4n) is 3.40. The monoisotopic (exact) mass is 395 g/mol. The Labute approximate surface area is 169 Å². The predicted octanol–water partition coefficient (Wildman–Crippen LogP) is 3.28. The standard InChI is InChI=1S/C21H33N3O2.ClH/c1-3-4-11-23-21(26)19-7-5-17(6-8-19)15-24-20(25)14-16(2)18-9-12-22-13-10-18;/h5-8,16,18,22H,3-4,9-15H2,1-2H3,(H,23,26)(H,24,25);1H. The zero-order valence-corrected chi connectivity index (χ0v) is 17.4. The Kier molecular flexibility index (Phi) is 11.1. The van der Waals surface area contributed by atoms with Gasteiger partial charge < -0.3 is 16.0 Å². The van der Waals surface area contributed by atoms with Gasteiger partial charge in [-0.2, -0.15) is 0 Å². The third-order valence-electron chi connectivity index (χ3n) is 5.22. The molecule has 0 aliphatic carbocycles. The molecule has 3 N–H and O–H groups in total. The van der Waals surface area contributed by atoms with Crippen LogP contribution in [-0.2, 0) is 11.3 Å². The van der Waals surface area contributed by atoms with Crippen LogP contribution in [0.1, 0.15) is 61.9 Å². The summed E-state index contributed by atoms with van der Waals surface area (Å²) in [5.41, 5.74) is 1.67. The molecule has 1 aromatic rings. The van der Waals surface area contributed by atoms with Gasteiger partial charge in [-0.05, 0) is 61.9 Å². The second-order valence-electron chi connectivity index (χ2n) is 7.35. The van der Waals surface area contributed by atoms with E-state index in [1.807, 2.05) is 24.3 Å². The van der Waals surface area contributed by atoms with E-state index in [0.29, 0.717) is 36.9 Å². The van der Waals surface area contributed by atoms with Crippen LogP contribution >= 0.6 is 12.4 Å². The van der Waals surface area contributed by atoms with E-state index in [0.717, 1.165) is 44.3 Å². The quantitative estimate of drug-likeness (QED) is 0.562. The number of carbonyl (C=O) groups is 2. The highest BCUT2D eigenvalue weighted by molar-refractivity contribution is 5.94. The SMILES string of the molecule is CCCCNC(=O)c1ccc(CNC(=O)CC(C)C2CCNCC2)cc1.Cl. The van der Waals surface area contributed by atoms with Crippen molar-refractivity contribution < 1.29 is 9.59 Å². The van der Waals surface area contributed by atoms with Gasteiger partial charge in [0.25, 0.3) is 5.91 Å². The second kappa shape index (κ2) is 12.7. The van der Waals surface area contributed by atoms with Crippen molar-refractivity contribution in [2.24, 2.45) is 11.8 Å². The number of carbonyl (C=O) groups excluding carboxylic acids is 2. The molecule has 2 rings (SSSR count). The van der Waals surface area contributed by atoms with Gasteiger partial charge in [-0.25, -0.2) is 0 Å². The van der Waals surface area contributed by atoms with E-state index in [1.165, 1.54) is 0 Å². The van der Waals surface area contributed by atoms with Gasteiger partial charge in [-0.3, -0.25) is 9.59 Å². The lowest BCUT2D eigenvalue weighted by Gasteiger charge is -2.27. The van der Waals surface area contributed by atoms with Gasteiger partial charge in [-0.1, -0.05) is 32.4 Å². The summed E-state index contributed by atoms with van der Waals surface area (Å²) in [5.74, 6) is 1.14. The summed E-state index contributed by atoms with van der Waals surface area (Å²) in [6.45, 7) is 7.63. The predicted molar refractivity (Wildman–Crippen MR) is 112 cm³/mol. The molecule has 1 aliphatic heterocycles. The molecule has 1 fully saturated rings. The normalized spacial score (nSPS) is 15.5. The summed E-state index contributed by atoms with van der Waals surface area (Å²) in [7, 11) is 0. The molecule has 5 nitrogen and oxygen atoms in total. The smallest absolute Gasteiger partial charge is 0.251 e. The maximum Gasteiger partial charge on any atom is 0.251 e. The first-order valence-electron chi connectivity index (χ1n) is 9.94. The van der Waals surface area contributed by atoms with Gasteiger partial charge in [0.15, 0.2) is 0 Å². The van der Waals surface area contributed by atoms with Crippen LogP contribution in [-0.4, -0.2) is 31.4 Å². The van der Waals surface area contributed by atoms with Gasteiger partial charge in [0, 0.05) is 25.1 Å². The minimum Gasteiger partial charge on any atom is -0.352 e. The first-order valence-corrected chi connectivity index (χ1v) is 9.94. The molecule has 6 heteroatoms. The number of rotatable bonds is 9. The Hall–Kier alpha value is -1.59. The highest BCUT2D eigenvalue weighted by Crippen LogP contribution is 2.24. The van der Waals surface area contributed by atoms with Gasteiger partial charge in [-0.15, -0.1) is 12.4 Å². The van der Waals surface area contributed by atoms with E-state index in [1.54, 1.807) is 0 Å². The molecular formula is C21H34ClN3O2. The Balaban J connectivity index is 0.00000364. The average molecular weight is 396 g/mol. The summed E-state index contributed by atoms with van der Waals surface area (Å²) >= 11 is 0. The van der Waals surface area contributed by atoms with Crippen LogP contribution in [0.25, 0.3) is 0 Å². The van der Waals surface area contributed by atoms with E-state index in [4.69, 9.17) is 0 Å². The van der Waals surface area contributed by atoms with E-state index in [9.17, 15) is 9.59 Å². The van der Waals surface area contributed by atoms with Crippen LogP contribution in [0, 0.1) is 11.8 Å². The number of benzene rings is 1. The van der Waals surface area contributed by atoms with Crippen LogP contribution < -0.4 is 16.0 Å². The fourth-order valence-corrected chi connectivity index (χ4v) is 3.40. The third-order valence-corrected chi connectivity index (χ3v) is 5.22. The lowest BCUT2D eigenvalue weighted by molar-refractivity contribution is -0.122. The number of piperidine rings is 1. The maximum atomic E-state index is 12.2. The Bertz CT molecular complexity index is 571. The molecule has 0 aromatic heterocycles. The molecule has 1 aromatic carbocycles. The molecule has 1 unspecified atom stereocenters. The number of hydrogen-bond acceptors (Lipinski definition) is 3. The van der Waals surface area contributed by atoms with E-state index in [2.05, 4.69) is 29.8 Å². The summed E-state index contributed by atoms with van der Waals surface area (Å²) in [4.78, 5) is 24.2. The number of amides is 2. The molecule has 2 amide bonds.